The van der Waals surface area contributed by atoms with E-state index in [1.165, 1.54) is 16.0 Å². The number of carbonyl (C=O) groups excluding carboxylic acids is 1. The quantitative estimate of drug-likeness (QED) is 0.616. The summed E-state index contributed by atoms with van der Waals surface area (Å²) in [5.74, 6) is 0.526. The molecule has 0 saturated carbocycles. The molecular formula is C15H23NO2S. The number of ether oxygens (including phenoxy) is 1. The van der Waals surface area contributed by atoms with E-state index in [9.17, 15) is 4.79 Å². The Bertz CT molecular complexity index is 421. The predicted octanol–water partition coefficient (Wildman–Crippen LogP) is 2.94. The van der Waals surface area contributed by atoms with E-state index in [4.69, 9.17) is 4.74 Å². The molecule has 0 radical (unpaired) electrons. The maximum absolute atomic E-state index is 11.8. The minimum atomic E-state index is -0.240. The minimum absolute atomic E-state index is 0.165. The molecule has 0 aliphatic rings. The molecule has 4 heteroatoms. The first-order chi connectivity index (χ1) is 9.08. The molecule has 1 atom stereocenters. The highest BCUT2D eigenvalue weighted by atomic mass is 32.2. The molecule has 0 aliphatic heterocycles. The molecule has 1 unspecified atom stereocenters. The number of carbonyl (C=O) groups is 1. The Morgan fingerprint density at radius 3 is 2.68 bits per heavy atom. The summed E-state index contributed by atoms with van der Waals surface area (Å²) in [6.07, 6.45) is 0. The maximum atomic E-state index is 11.8. The summed E-state index contributed by atoms with van der Waals surface area (Å²) in [4.78, 5) is 13.0. The first-order valence-corrected chi connectivity index (χ1v) is 7.67. The second-order valence-corrected chi connectivity index (χ2v) is 5.50. The average Bonchev–Trinajstić information content (AvgIpc) is 2.36. The number of hydrogen-bond acceptors (Lipinski definition) is 4. The molecule has 19 heavy (non-hydrogen) atoms. The van der Waals surface area contributed by atoms with Crippen LogP contribution in [0.25, 0.3) is 0 Å². The third kappa shape index (κ3) is 5.25. The number of rotatable bonds is 7. The van der Waals surface area contributed by atoms with Crippen LogP contribution in [-0.4, -0.2) is 30.9 Å². The summed E-state index contributed by atoms with van der Waals surface area (Å²) in [5.41, 5.74) is 2.51. The van der Waals surface area contributed by atoms with Crippen LogP contribution in [0.1, 0.15) is 25.0 Å². The van der Waals surface area contributed by atoms with Crippen molar-refractivity contribution in [3.8, 4) is 0 Å². The summed E-state index contributed by atoms with van der Waals surface area (Å²) in [5, 5.41) is 3.17. The van der Waals surface area contributed by atoms with Gasteiger partial charge in [-0.2, -0.15) is 0 Å². The van der Waals surface area contributed by atoms with Gasteiger partial charge in [-0.1, -0.05) is 24.6 Å². The highest BCUT2D eigenvalue weighted by molar-refractivity contribution is 7.99. The number of thioether (sulfide) groups is 1. The summed E-state index contributed by atoms with van der Waals surface area (Å²) in [6, 6.07) is 6.14. The first kappa shape index (κ1) is 16.1. The Morgan fingerprint density at radius 1 is 1.37 bits per heavy atom. The zero-order valence-corrected chi connectivity index (χ0v) is 13.0. The fraction of sp³-hybridized carbons (Fsp3) is 0.533. The largest absolute Gasteiger partial charge is 0.465 e. The van der Waals surface area contributed by atoms with Crippen LogP contribution in [-0.2, 0) is 9.53 Å². The SMILES string of the molecule is CCNC(CSc1ccc(C)cc1C)C(=O)OCC. The van der Waals surface area contributed by atoms with Gasteiger partial charge in [0.1, 0.15) is 6.04 Å². The van der Waals surface area contributed by atoms with E-state index >= 15 is 0 Å². The number of likely N-dealkylation sites (N-methyl/N-ethyl adjacent to an activating group) is 1. The van der Waals surface area contributed by atoms with E-state index in [1.807, 2.05) is 13.8 Å². The molecule has 0 heterocycles. The van der Waals surface area contributed by atoms with Crippen molar-refractivity contribution >= 4 is 17.7 Å². The fourth-order valence-electron chi connectivity index (χ4n) is 1.83. The van der Waals surface area contributed by atoms with Gasteiger partial charge in [-0.25, -0.2) is 0 Å². The van der Waals surface area contributed by atoms with E-state index in [0.29, 0.717) is 12.4 Å². The molecule has 0 aromatic heterocycles. The Morgan fingerprint density at radius 2 is 2.11 bits per heavy atom. The van der Waals surface area contributed by atoms with Crippen LogP contribution in [0.15, 0.2) is 23.1 Å². The standard InChI is InChI=1S/C15H23NO2S/c1-5-16-13(15(17)18-6-2)10-19-14-8-7-11(3)9-12(14)4/h7-9,13,16H,5-6,10H2,1-4H3. The molecule has 1 rings (SSSR count). The summed E-state index contributed by atoms with van der Waals surface area (Å²) >= 11 is 1.69. The highest BCUT2D eigenvalue weighted by Gasteiger charge is 2.18. The molecule has 0 saturated heterocycles. The summed E-state index contributed by atoms with van der Waals surface area (Å²) < 4.78 is 5.08. The van der Waals surface area contributed by atoms with Crippen molar-refractivity contribution in [3.05, 3.63) is 29.3 Å². The second kappa shape index (κ2) is 8.23. The summed E-state index contributed by atoms with van der Waals surface area (Å²) in [7, 11) is 0. The maximum Gasteiger partial charge on any atom is 0.323 e. The molecular weight excluding hydrogens is 258 g/mol. The van der Waals surface area contributed by atoms with Gasteiger partial charge in [0.2, 0.25) is 0 Å². The molecule has 106 valence electrons. The lowest BCUT2D eigenvalue weighted by Crippen LogP contribution is -2.40. The fourth-order valence-corrected chi connectivity index (χ4v) is 2.88. The first-order valence-electron chi connectivity index (χ1n) is 6.68. The molecule has 0 fully saturated rings. The van der Waals surface area contributed by atoms with E-state index in [1.54, 1.807) is 11.8 Å². The Labute approximate surface area is 120 Å². The van der Waals surface area contributed by atoms with Crippen molar-refractivity contribution in [2.24, 2.45) is 0 Å². The Kier molecular flexibility index (Phi) is 6.95. The van der Waals surface area contributed by atoms with Crippen LogP contribution in [0.5, 0.6) is 0 Å². The van der Waals surface area contributed by atoms with Crippen molar-refractivity contribution in [1.29, 1.82) is 0 Å². The van der Waals surface area contributed by atoms with Gasteiger partial charge < -0.3 is 10.1 Å². The van der Waals surface area contributed by atoms with Crippen LogP contribution in [0.3, 0.4) is 0 Å². The normalized spacial score (nSPS) is 12.2. The van der Waals surface area contributed by atoms with Crippen molar-refractivity contribution in [2.75, 3.05) is 18.9 Å². The molecule has 1 aromatic rings. The third-order valence-corrected chi connectivity index (χ3v) is 4.03. The molecule has 0 spiro atoms. The smallest absolute Gasteiger partial charge is 0.323 e. The van der Waals surface area contributed by atoms with Gasteiger partial charge in [-0.15, -0.1) is 11.8 Å². The lowest BCUT2D eigenvalue weighted by atomic mass is 10.2. The van der Waals surface area contributed by atoms with E-state index in [-0.39, 0.29) is 12.0 Å². The number of nitrogens with one attached hydrogen (secondary N) is 1. The molecule has 3 nitrogen and oxygen atoms in total. The molecule has 0 bridgehead atoms. The van der Waals surface area contributed by atoms with Crippen LogP contribution < -0.4 is 5.32 Å². The van der Waals surface area contributed by atoms with Crippen LogP contribution >= 0.6 is 11.8 Å². The molecule has 0 aliphatic carbocycles. The number of hydrogen-bond donors (Lipinski definition) is 1. The zero-order valence-electron chi connectivity index (χ0n) is 12.2. The van der Waals surface area contributed by atoms with Gasteiger partial charge in [-0.05, 0) is 38.9 Å². The van der Waals surface area contributed by atoms with Gasteiger partial charge in [0.15, 0.2) is 0 Å². The molecule has 1 N–H and O–H groups in total. The minimum Gasteiger partial charge on any atom is -0.465 e. The third-order valence-electron chi connectivity index (χ3n) is 2.76. The van der Waals surface area contributed by atoms with Gasteiger partial charge in [0.05, 0.1) is 6.61 Å². The van der Waals surface area contributed by atoms with Gasteiger partial charge in [0, 0.05) is 10.6 Å². The second-order valence-electron chi connectivity index (χ2n) is 4.44. The van der Waals surface area contributed by atoms with Gasteiger partial charge in [0.25, 0.3) is 0 Å². The average molecular weight is 281 g/mol. The van der Waals surface area contributed by atoms with Crippen molar-refractivity contribution in [1.82, 2.24) is 5.32 Å². The van der Waals surface area contributed by atoms with E-state index in [2.05, 4.69) is 37.4 Å². The van der Waals surface area contributed by atoms with Crippen LogP contribution in [0.2, 0.25) is 0 Å². The van der Waals surface area contributed by atoms with Crippen molar-refractivity contribution < 1.29 is 9.53 Å². The summed E-state index contributed by atoms with van der Waals surface area (Å²) in [6.45, 7) is 9.20. The van der Waals surface area contributed by atoms with Crippen LogP contribution in [0, 0.1) is 13.8 Å². The molecule has 0 amide bonds. The number of esters is 1. The lowest BCUT2D eigenvalue weighted by Gasteiger charge is -2.16. The number of benzene rings is 1. The van der Waals surface area contributed by atoms with E-state index in [0.717, 1.165) is 6.54 Å². The zero-order chi connectivity index (χ0) is 14.3. The number of aryl methyl sites for hydroxylation is 2. The van der Waals surface area contributed by atoms with Crippen molar-refractivity contribution in [2.45, 2.75) is 38.6 Å². The van der Waals surface area contributed by atoms with Gasteiger partial charge in [-0.3, -0.25) is 4.79 Å². The van der Waals surface area contributed by atoms with Crippen LogP contribution in [0.4, 0.5) is 0 Å². The Balaban J connectivity index is 2.62. The van der Waals surface area contributed by atoms with Crippen molar-refractivity contribution in [3.63, 3.8) is 0 Å². The monoisotopic (exact) mass is 281 g/mol. The van der Waals surface area contributed by atoms with E-state index < -0.39 is 0 Å². The lowest BCUT2D eigenvalue weighted by molar-refractivity contribution is -0.144. The topological polar surface area (TPSA) is 38.3 Å². The van der Waals surface area contributed by atoms with Gasteiger partial charge >= 0.3 is 5.97 Å². The Hall–Kier alpha value is -1.00. The predicted molar refractivity (Wildman–Crippen MR) is 80.7 cm³/mol. The molecule has 1 aromatic carbocycles. The highest BCUT2D eigenvalue weighted by Crippen LogP contribution is 2.24.